The SMILES string of the molecule is CC(Cc1ccc(CC2CCCCC2)cc1)CN1CC(C)CC(C)C1. The van der Waals surface area contributed by atoms with Crippen molar-refractivity contribution in [1.82, 2.24) is 4.90 Å². The van der Waals surface area contributed by atoms with E-state index >= 15 is 0 Å². The van der Waals surface area contributed by atoms with Gasteiger partial charge < -0.3 is 4.90 Å². The molecular weight excluding hydrogens is 302 g/mol. The van der Waals surface area contributed by atoms with Crippen molar-refractivity contribution in [3.63, 3.8) is 0 Å². The topological polar surface area (TPSA) is 3.24 Å². The molecule has 25 heavy (non-hydrogen) atoms. The Hall–Kier alpha value is -0.820. The Kier molecular flexibility index (Phi) is 6.99. The third-order valence-electron chi connectivity index (χ3n) is 6.37. The van der Waals surface area contributed by atoms with Crippen molar-refractivity contribution in [2.75, 3.05) is 19.6 Å². The third kappa shape index (κ3) is 6.13. The Balaban J connectivity index is 1.45. The molecule has 3 rings (SSSR count). The van der Waals surface area contributed by atoms with Crippen molar-refractivity contribution in [3.05, 3.63) is 35.4 Å². The summed E-state index contributed by atoms with van der Waals surface area (Å²) in [5.41, 5.74) is 3.08. The highest BCUT2D eigenvalue weighted by Crippen LogP contribution is 2.27. The van der Waals surface area contributed by atoms with Gasteiger partial charge in [-0.2, -0.15) is 0 Å². The first-order valence-electron chi connectivity index (χ1n) is 10.9. The van der Waals surface area contributed by atoms with Crippen LogP contribution < -0.4 is 0 Å². The van der Waals surface area contributed by atoms with Crippen molar-refractivity contribution in [2.45, 2.75) is 72.1 Å². The maximum absolute atomic E-state index is 2.71. The van der Waals surface area contributed by atoms with Crippen LogP contribution in [0.5, 0.6) is 0 Å². The van der Waals surface area contributed by atoms with Gasteiger partial charge in [-0.25, -0.2) is 0 Å². The van der Waals surface area contributed by atoms with Crippen LogP contribution in [-0.2, 0) is 12.8 Å². The monoisotopic (exact) mass is 341 g/mol. The Labute approximate surface area is 156 Å². The Morgan fingerprint density at radius 1 is 0.920 bits per heavy atom. The molecule has 3 unspecified atom stereocenters. The van der Waals surface area contributed by atoms with Gasteiger partial charge in [-0.1, -0.05) is 77.1 Å². The summed E-state index contributed by atoms with van der Waals surface area (Å²) >= 11 is 0. The second-order valence-electron chi connectivity index (χ2n) is 9.50. The highest BCUT2D eigenvalue weighted by Gasteiger charge is 2.22. The number of likely N-dealkylation sites (tertiary alicyclic amines) is 1. The highest BCUT2D eigenvalue weighted by molar-refractivity contribution is 5.23. The molecule has 0 aromatic heterocycles. The second kappa shape index (κ2) is 9.21. The summed E-state index contributed by atoms with van der Waals surface area (Å²) in [6.07, 6.45) is 11.2. The zero-order valence-electron chi connectivity index (χ0n) is 16.8. The average Bonchev–Trinajstić information content (AvgIpc) is 2.56. The lowest BCUT2D eigenvalue weighted by Gasteiger charge is -2.36. The lowest BCUT2D eigenvalue weighted by atomic mass is 9.84. The molecule has 1 aromatic rings. The molecule has 140 valence electrons. The van der Waals surface area contributed by atoms with Gasteiger partial charge in [0.2, 0.25) is 0 Å². The summed E-state index contributed by atoms with van der Waals surface area (Å²) in [7, 11) is 0. The average molecular weight is 342 g/mol. The standard InChI is InChI=1S/C24H39N/c1-19-13-20(2)17-25(16-19)18-21(3)14-23-9-11-24(12-10-23)15-22-7-5-4-6-8-22/h9-12,19-22H,4-8,13-18H2,1-3H3. The quantitative estimate of drug-likeness (QED) is 0.616. The van der Waals surface area contributed by atoms with Gasteiger partial charge in [0, 0.05) is 19.6 Å². The minimum atomic E-state index is 0.752. The van der Waals surface area contributed by atoms with Crippen molar-refractivity contribution < 1.29 is 0 Å². The fourth-order valence-electron chi connectivity index (χ4n) is 5.38. The first-order chi connectivity index (χ1) is 12.1. The maximum Gasteiger partial charge on any atom is 0.00104 e. The van der Waals surface area contributed by atoms with Crippen LogP contribution in [0, 0.1) is 23.7 Å². The largest absolute Gasteiger partial charge is 0.303 e. The molecule has 1 aliphatic carbocycles. The van der Waals surface area contributed by atoms with Crippen LogP contribution in [0.4, 0.5) is 0 Å². The lowest BCUT2D eigenvalue weighted by Crippen LogP contribution is -2.41. The van der Waals surface area contributed by atoms with Crippen LogP contribution in [0.25, 0.3) is 0 Å². The molecule has 2 aliphatic rings. The van der Waals surface area contributed by atoms with Crippen LogP contribution in [0.15, 0.2) is 24.3 Å². The van der Waals surface area contributed by atoms with Crippen LogP contribution in [0.1, 0.15) is 70.4 Å². The number of hydrogen-bond acceptors (Lipinski definition) is 1. The van der Waals surface area contributed by atoms with E-state index < -0.39 is 0 Å². The molecule has 0 amide bonds. The molecule has 0 N–H and O–H groups in total. The van der Waals surface area contributed by atoms with Gasteiger partial charge >= 0.3 is 0 Å². The molecule has 1 saturated carbocycles. The molecule has 0 radical (unpaired) electrons. The van der Waals surface area contributed by atoms with E-state index in [1.165, 1.54) is 76.6 Å². The van der Waals surface area contributed by atoms with Crippen LogP contribution in [0.2, 0.25) is 0 Å². The van der Waals surface area contributed by atoms with Crippen molar-refractivity contribution in [3.8, 4) is 0 Å². The van der Waals surface area contributed by atoms with Crippen molar-refractivity contribution in [1.29, 1.82) is 0 Å². The minimum absolute atomic E-state index is 0.752. The van der Waals surface area contributed by atoms with Crippen molar-refractivity contribution >= 4 is 0 Å². The van der Waals surface area contributed by atoms with Gasteiger partial charge in [-0.05, 0) is 54.1 Å². The fraction of sp³-hybridized carbons (Fsp3) is 0.750. The Bertz CT molecular complexity index is 489. The van der Waals surface area contributed by atoms with E-state index in [0.717, 1.165) is 23.7 Å². The molecule has 0 spiro atoms. The zero-order valence-corrected chi connectivity index (χ0v) is 16.8. The fourth-order valence-corrected chi connectivity index (χ4v) is 5.38. The predicted octanol–water partition coefficient (Wildman–Crippen LogP) is 5.97. The van der Waals surface area contributed by atoms with E-state index in [9.17, 15) is 0 Å². The molecule has 3 atom stereocenters. The lowest BCUT2D eigenvalue weighted by molar-refractivity contribution is 0.125. The zero-order chi connectivity index (χ0) is 17.6. The van der Waals surface area contributed by atoms with E-state index in [1.54, 1.807) is 5.56 Å². The van der Waals surface area contributed by atoms with Gasteiger partial charge in [0.1, 0.15) is 0 Å². The number of nitrogens with zero attached hydrogens (tertiary/aromatic N) is 1. The summed E-state index contributed by atoms with van der Waals surface area (Å²) < 4.78 is 0. The molecule has 1 heteroatoms. The number of rotatable bonds is 6. The van der Waals surface area contributed by atoms with E-state index in [2.05, 4.69) is 49.9 Å². The second-order valence-corrected chi connectivity index (χ2v) is 9.50. The van der Waals surface area contributed by atoms with Crippen LogP contribution in [0.3, 0.4) is 0 Å². The molecule has 1 saturated heterocycles. The molecule has 0 bridgehead atoms. The molecule has 2 fully saturated rings. The summed E-state index contributed by atoms with van der Waals surface area (Å²) in [5.74, 6) is 3.44. The van der Waals surface area contributed by atoms with Gasteiger partial charge in [-0.3, -0.25) is 0 Å². The van der Waals surface area contributed by atoms with Gasteiger partial charge in [0.05, 0.1) is 0 Å². The summed E-state index contributed by atoms with van der Waals surface area (Å²) in [6, 6.07) is 9.61. The Morgan fingerprint density at radius 3 is 2.16 bits per heavy atom. The summed E-state index contributed by atoms with van der Waals surface area (Å²) in [5, 5.41) is 0. The van der Waals surface area contributed by atoms with E-state index in [1.807, 2.05) is 0 Å². The van der Waals surface area contributed by atoms with Gasteiger partial charge in [0.15, 0.2) is 0 Å². The molecular formula is C24H39N. The smallest absolute Gasteiger partial charge is 0.00104 e. The van der Waals surface area contributed by atoms with E-state index in [4.69, 9.17) is 0 Å². The molecule has 1 aromatic carbocycles. The normalized spacial score (nSPS) is 27.3. The van der Waals surface area contributed by atoms with E-state index in [-0.39, 0.29) is 0 Å². The predicted molar refractivity (Wildman–Crippen MR) is 109 cm³/mol. The summed E-state index contributed by atoms with van der Waals surface area (Å²) in [4.78, 5) is 2.71. The van der Waals surface area contributed by atoms with Crippen molar-refractivity contribution in [2.24, 2.45) is 23.7 Å². The minimum Gasteiger partial charge on any atom is -0.303 e. The van der Waals surface area contributed by atoms with Crippen LogP contribution in [-0.4, -0.2) is 24.5 Å². The molecule has 1 heterocycles. The Morgan fingerprint density at radius 2 is 1.52 bits per heavy atom. The molecule has 1 aliphatic heterocycles. The summed E-state index contributed by atoms with van der Waals surface area (Å²) in [6.45, 7) is 11.1. The maximum atomic E-state index is 2.71. The third-order valence-corrected chi connectivity index (χ3v) is 6.37. The van der Waals surface area contributed by atoms with Gasteiger partial charge in [0.25, 0.3) is 0 Å². The van der Waals surface area contributed by atoms with Crippen LogP contribution >= 0.6 is 0 Å². The van der Waals surface area contributed by atoms with Gasteiger partial charge in [-0.15, -0.1) is 0 Å². The van der Waals surface area contributed by atoms with E-state index in [0.29, 0.717) is 0 Å². The first kappa shape index (κ1) is 19.0. The first-order valence-corrected chi connectivity index (χ1v) is 10.9. The number of piperidine rings is 1. The number of hydrogen-bond donors (Lipinski definition) is 0. The number of benzene rings is 1. The highest BCUT2D eigenvalue weighted by atomic mass is 15.1. The molecule has 1 nitrogen and oxygen atoms in total.